The van der Waals surface area contributed by atoms with Crippen LogP contribution in [0.15, 0.2) is 115 Å². The second-order valence-corrected chi connectivity index (χ2v) is 16.0. The number of hydrogen-bond donors (Lipinski definition) is 0. The molecule has 0 N–H and O–H groups in total. The van der Waals surface area contributed by atoms with E-state index < -0.39 is 23.5 Å². The van der Waals surface area contributed by atoms with Crippen LogP contribution in [0.2, 0.25) is 0 Å². The Kier molecular flexibility index (Phi) is 7.86. The van der Waals surface area contributed by atoms with Crippen molar-refractivity contribution in [2.75, 3.05) is 0 Å². The molecule has 0 radical (unpaired) electrons. The van der Waals surface area contributed by atoms with Crippen LogP contribution in [0.25, 0.3) is 66.4 Å². The third kappa shape index (κ3) is 5.99. The van der Waals surface area contributed by atoms with Crippen molar-refractivity contribution in [3.05, 3.63) is 138 Å². The van der Waals surface area contributed by atoms with Gasteiger partial charge in [0.1, 0.15) is 11.6 Å². The minimum Gasteiger partial charge on any atom is -0.294 e. The van der Waals surface area contributed by atoms with Gasteiger partial charge in [-0.05, 0) is 87.7 Å². The van der Waals surface area contributed by atoms with Gasteiger partial charge in [0.15, 0.2) is 0 Å². The van der Waals surface area contributed by atoms with Crippen molar-refractivity contribution in [2.45, 2.75) is 64.7 Å². The zero-order chi connectivity index (χ0) is 38.5. The molecule has 0 fully saturated rings. The van der Waals surface area contributed by atoms with E-state index in [-0.39, 0.29) is 28.0 Å². The molecule has 0 bridgehead atoms. The van der Waals surface area contributed by atoms with E-state index in [9.17, 15) is 26.3 Å². The summed E-state index contributed by atoms with van der Waals surface area (Å²) >= 11 is 0. The van der Waals surface area contributed by atoms with Gasteiger partial charge in [-0.3, -0.25) is 9.13 Å². The first-order valence-corrected chi connectivity index (χ1v) is 17.7. The lowest BCUT2D eigenvalue weighted by molar-refractivity contribution is -0.143. The van der Waals surface area contributed by atoms with Crippen LogP contribution in [0.5, 0.6) is 0 Å². The number of para-hydroxylation sites is 2. The van der Waals surface area contributed by atoms with Crippen molar-refractivity contribution in [2.24, 2.45) is 0 Å². The smallest absolute Gasteiger partial charge is 0.294 e. The first kappa shape index (κ1) is 35.5. The number of nitrogens with zero attached hydrogens (tertiary/aromatic N) is 3. The molecule has 0 saturated heterocycles. The van der Waals surface area contributed by atoms with Crippen molar-refractivity contribution < 1.29 is 26.3 Å². The Morgan fingerprint density at radius 2 is 0.759 bits per heavy atom. The maximum atomic E-state index is 14.2. The molecule has 0 aliphatic rings. The molecule has 0 aliphatic carbocycles. The summed E-state index contributed by atoms with van der Waals surface area (Å²) in [4.78, 5) is 5.25. The van der Waals surface area contributed by atoms with E-state index >= 15 is 0 Å². The number of benzene rings is 5. The average Bonchev–Trinajstić information content (AvgIpc) is 3.62. The second kappa shape index (κ2) is 12.0. The van der Waals surface area contributed by atoms with E-state index in [1.807, 2.05) is 57.7 Å². The Morgan fingerprint density at radius 3 is 1.15 bits per heavy atom. The van der Waals surface area contributed by atoms with E-state index in [4.69, 9.17) is 4.98 Å². The van der Waals surface area contributed by atoms with E-state index in [0.29, 0.717) is 11.6 Å². The number of alkyl halides is 6. The highest BCUT2D eigenvalue weighted by molar-refractivity contribution is 6.10. The standard InChI is InChI=1S/C45H37F6N3/c1-42(2,3)28-15-17-34-32-11-7-9-13-36(32)53(38(34)24-28)40-21-27(26-19-30(44(46,47)48)23-31(20-26)45(49,50)51)22-41(52-40)54-37-14-10-8-12-33(37)35-18-16-29(25-39(35)54)43(4,5)6/h7-25H,1-6H3. The third-order valence-electron chi connectivity index (χ3n) is 10.3. The van der Waals surface area contributed by atoms with Gasteiger partial charge in [-0.15, -0.1) is 0 Å². The maximum Gasteiger partial charge on any atom is 0.416 e. The maximum absolute atomic E-state index is 14.2. The molecule has 3 nitrogen and oxygen atoms in total. The number of rotatable bonds is 3. The largest absolute Gasteiger partial charge is 0.416 e. The highest BCUT2D eigenvalue weighted by Crippen LogP contribution is 2.42. The monoisotopic (exact) mass is 733 g/mol. The molecule has 0 aliphatic heterocycles. The summed E-state index contributed by atoms with van der Waals surface area (Å²) in [5, 5.41) is 3.76. The van der Waals surface area contributed by atoms with Gasteiger partial charge >= 0.3 is 12.4 Å². The molecule has 274 valence electrons. The average molecular weight is 734 g/mol. The molecule has 3 heterocycles. The van der Waals surface area contributed by atoms with E-state index in [0.717, 1.165) is 66.9 Å². The molecule has 0 saturated carbocycles. The minimum atomic E-state index is -5.01. The summed E-state index contributed by atoms with van der Waals surface area (Å²) < 4.78 is 89.3. The number of hydrogen-bond acceptors (Lipinski definition) is 1. The number of pyridine rings is 1. The van der Waals surface area contributed by atoms with Gasteiger partial charge in [-0.25, -0.2) is 4.98 Å². The van der Waals surface area contributed by atoms with Crippen LogP contribution in [0.3, 0.4) is 0 Å². The molecule has 8 aromatic rings. The number of aromatic nitrogens is 3. The lowest BCUT2D eigenvalue weighted by Gasteiger charge is -2.20. The predicted octanol–water partition coefficient (Wildman–Crippen LogP) is 13.6. The second-order valence-electron chi connectivity index (χ2n) is 16.0. The topological polar surface area (TPSA) is 22.8 Å². The first-order chi connectivity index (χ1) is 25.3. The van der Waals surface area contributed by atoms with Crippen molar-refractivity contribution in [1.82, 2.24) is 14.1 Å². The van der Waals surface area contributed by atoms with Gasteiger partial charge < -0.3 is 0 Å². The van der Waals surface area contributed by atoms with Crippen LogP contribution in [-0.4, -0.2) is 14.1 Å². The Bertz CT molecular complexity index is 2580. The SMILES string of the molecule is CC(C)(C)c1ccc2c3ccccc3n(-c3cc(-c4cc(C(F)(F)F)cc(C(F)(F)F)c4)cc(-n4c5ccccc5c5ccc(C(C)(C)C)cc54)n3)c2c1. The fourth-order valence-electron chi connectivity index (χ4n) is 7.39. The molecule has 0 spiro atoms. The summed E-state index contributed by atoms with van der Waals surface area (Å²) in [7, 11) is 0. The zero-order valence-electron chi connectivity index (χ0n) is 30.6. The Labute approximate surface area is 308 Å². The normalized spacial score (nSPS) is 13.2. The summed E-state index contributed by atoms with van der Waals surface area (Å²) in [5.74, 6) is 0.701. The highest BCUT2D eigenvalue weighted by atomic mass is 19.4. The fraction of sp³-hybridized carbons (Fsp3) is 0.222. The Morgan fingerprint density at radius 1 is 0.389 bits per heavy atom. The third-order valence-corrected chi connectivity index (χ3v) is 10.3. The van der Waals surface area contributed by atoms with Gasteiger partial charge in [0, 0.05) is 21.5 Å². The Hall–Kier alpha value is -5.57. The molecule has 0 unspecified atom stereocenters. The van der Waals surface area contributed by atoms with Gasteiger partial charge in [0.2, 0.25) is 0 Å². The zero-order valence-corrected chi connectivity index (χ0v) is 30.6. The van der Waals surface area contributed by atoms with Crippen molar-refractivity contribution in [1.29, 1.82) is 0 Å². The molecule has 3 aromatic heterocycles. The van der Waals surface area contributed by atoms with Crippen LogP contribution in [0, 0.1) is 0 Å². The summed E-state index contributed by atoms with van der Waals surface area (Å²) in [6.45, 7) is 12.7. The van der Waals surface area contributed by atoms with Gasteiger partial charge in [-0.2, -0.15) is 26.3 Å². The molecular formula is C45H37F6N3. The molecular weight excluding hydrogens is 697 g/mol. The first-order valence-electron chi connectivity index (χ1n) is 17.7. The summed E-state index contributed by atoms with van der Waals surface area (Å²) in [6, 6.07) is 32.9. The quantitative estimate of drug-likeness (QED) is 0.166. The lowest BCUT2D eigenvalue weighted by Crippen LogP contribution is -2.12. The van der Waals surface area contributed by atoms with E-state index in [2.05, 4.69) is 77.9 Å². The van der Waals surface area contributed by atoms with Crippen molar-refractivity contribution >= 4 is 43.6 Å². The van der Waals surface area contributed by atoms with Crippen LogP contribution in [0.4, 0.5) is 26.3 Å². The van der Waals surface area contributed by atoms with Crippen LogP contribution < -0.4 is 0 Å². The fourth-order valence-corrected chi connectivity index (χ4v) is 7.39. The van der Waals surface area contributed by atoms with Crippen LogP contribution >= 0.6 is 0 Å². The summed E-state index contributed by atoms with van der Waals surface area (Å²) in [6.07, 6.45) is -10.0. The minimum absolute atomic E-state index is 0.155. The van der Waals surface area contributed by atoms with Crippen molar-refractivity contribution in [3.63, 3.8) is 0 Å². The predicted molar refractivity (Wildman–Crippen MR) is 206 cm³/mol. The number of fused-ring (bicyclic) bond motifs is 6. The lowest BCUT2D eigenvalue weighted by atomic mass is 9.86. The molecule has 0 amide bonds. The molecule has 9 heteroatoms. The van der Waals surface area contributed by atoms with Crippen molar-refractivity contribution in [3.8, 4) is 22.8 Å². The molecule has 0 atom stereocenters. The van der Waals surface area contributed by atoms with E-state index in [1.54, 1.807) is 12.1 Å². The van der Waals surface area contributed by atoms with E-state index in [1.165, 1.54) is 0 Å². The van der Waals surface area contributed by atoms with Gasteiger partial charge in [-0.1, -0.05) is 102 Å². The highest BCUT2D eigenvalue weighted by Gasteiger charge is 2.37. The van der Waals surface area contributed by atoms with Gasteiger partial charge in [0.05, 0.1) is 33.2 Å². The van der Waals surface area contributed by atoms with Crippen LogP contribution in [0.1, 0.15) is 63.8 Å². The Balaban J connectivity index is 1.53. The molecule has 8 rings (SSSR count). The number of halogens is 6. The summed E-state index contributed by atoms with van der Waals surface area (Å²) in [5.41, 5.74) is 2.07. The molecule has 54 heavy (non-hydrogen) atoms. The van der Waals surface area contributed by atoms with Crippen LogP contribution in [-0.2, 0) is 23.2 Å². The van der Waals surface area contributed by atoms with Gasteiger partial charge in [0.25, 0.3) is 0 Å². The molecule has 5 aromatic carbocycles.